The van der Waals surface area contributed by atoms with Crippen LogP contribution < -0.4 is 10.9 Å². The van der Waals surface area contributed by atoms with Crippen molar-refractivity contribution < 1.29 is 9.18 Å². The molecule has 2 N–H and O–H groups in total. The van der Waals surface area contributed by atoms with Crippen LogP contribution in [0.5, 0.6) is 0 Å². The number of hydrogen-bond donors (Lipinski definition) is 2. The van der Waals surface area contributed by atoms with Crippen molar-refractivity contribution >= 4 is 5.91 Å². The van der Waals surface area contributed by atoms with Gasteiger partial charge in [0.1, 0.15) is 5.82 Å². The van der Waals surface area contributed by atoms with Gasteiger partial charge in [-0.25, -0.2) is 9.82 Å². The molecule has 0 radical (unpaired) electrons. The number of nitrogens with one attached hydrogen (secondary N) is 2. The maximum absolute atomic E-state index is 13.2. The fourth-order valence-corrected chi connectivity index (χ4v) is 3.82. The minimum Gasteiger partial charge on any atom is -0.340 e. The third-order valence-corrected chi connectivity index (χ3v) is 5.37. The Labute approximate surface area is 158 Å². The summed E-state index contributed by atoms with van der Waals surface area (Å²) in [6.07, 6.45) is 3.62. The SMILES string of the molecule is O=C(C1CNNC1c1ccc(F)cc1)N1CCN(Cc2ccncc2)CC1. The molecule has 2 atom stereocenters. The lowest BCUT2D eigenvalue weighted by Gasteiger charge is -2.36. The van der Waals surface area contributed by atoms with Crippen molar-refractivity contribution in [3.05, 3.63) is 65.7 Å². The van der Waals surface area contributed by atoms with Gasteiger partial charge < -0.3 is 4.90 Å². The second-order valence-electron chi connectivity index (χ2n) is 7.12. The highest BCUT2D eigenvalue weighted by molar-refractivity contribution is 5.80. The normalized spacial score (nSPS) is 23.5. The number of rotatable bonds is 4. The summed E-state index contributed by atoms with van der Waals surface area (Å²) in [5.74, 6) is -0.287. The quantitative estimate of drug-likeness (QED) is 0.852. The van der Waals surface area contributed by atoms with Crippen molar-refractivity contribution in [1.29, 1.82) is 0 Å². The number of carbonyl (C=O) groups excluding carboxylic acids is 1. The van der Waals surface area contributed by atoms with Crippen LogP contribution in [-0.2, 0) is 11.3 Å². The van der Waals surface area contributed by atoms with E-state index in [1.54, 1.807) is 12.1 Å². The second-order valence-corrected chi connectivity index (χ2v) is 7.12. The smallest absolute Gasteiger partial charge is 0.229 e. The van der Waals surface area contributed by atoms with Gasteiger partial charge in [-0.15, -0.1) is 0 Å². The molecule has 0 saturated carbocycles. The highest BCUT2D eigenvalue weighted by Crippen LogP contribution is 2.27. The predicted molar refractivity (Wildman–Crippen MR) is 99.9 cm³/mol. The number of hydrogen-bond acceptors (Lipinski definition) is 5. The van der Waals surface area contributed by atoms with Gasteiger partial charge in [-0.3, -0.25) is 20.1 Å². The van der Waals surface area contributed by atoms with E-state index in [2.05, 4.69) is 20.7 Å². The molecule has 2 saturated heterocycles. The van der Waals surface area contributed by atoms with E-state index in [1.165, 1.54) is 17.7 Å². The summed E-state index contributed by atoms with van der Waals surface area (Å²) in [6.45, 7) is 4.66. The summed E-state index contributed by atoms with van der Waals surface area (Å²) in [6, 6.07) is 10.3. The Hall–Kier alpha value is -2.35. The lowest BCUT2D eigenvalue weighted by atomic mass is 9.93. The van der Waals surface area contributed by atoms with Gasteiger partial charge in [0.05, 0.1) is 12.0 Å². The monoisotopic (exact) mass is 369 g/mol. The average molecular weight is 369 g/mol. The molecule has 0 spiro atoms. The Kier molecular flexibility index (Phi) is 5.42. The number of amides is 1. The largest absolute Gasteiger partial charge is 0.340 e. The summed E-state index contributed by atoms with van der Waals surface area (Å²) in [4.78, 5) is 21.4. The molecule has 1 amide bonds. The number of carbonyl (C=O) groups is 1. The summed E-state index contributed by atoms with van der Waals surface area (Å²) >= 11 is 0. The maximum atomic E-state index is 13.2. The molecule has 4 rings (SSSR count). The van der Waals surface area contributed by atoms with Crippen molar-refractivity contribution in [3.63, 3.8) is 0 Å². The lowest BCUT2D eigenvalue weighted by molar-refractivity contribution is -0.137. The molecule has 3 heterocycles. The Bertz CT molecular complexity index is 762. The number of piperazine rings is 1. The van der Waals surface area contributed by atoms with E-state index in [9.17, 15) is 9.18 Å². The van der Waals surface area contributed by atoms with Crippen LogP contribution in [0.4, 0.5) is 4.39 Å². The molecule has 0 aliphatic carbocycles. The number of nitrogens with zero attached hydrogens (tertiary/aromatic N) is 3. The number of hydrazine groups is 1. The molecule has 27 heavy (non-hydrogen) atoms. The minimum atomic E-state index is -0.266. The number of pyridine rings is 1. The standard InChI is InChI=1S/C20H24FN5O/c21-17-3-1-16(2-4-17)19-18(13-23-24-19)20(27)26-11-9-25(10-12-26)14-15-5-7-22-8-6-15/h1-8,18-19,23-24H,9-14H2. The van der Waals surface area contributed by atoms with Gasteiger partial charge >= 0.3 is 0 Å². The van der Waals surface area contributed by atoms with Gasteiger partial charge in [-0.1, -0.05) is 12.1 Å². The Morgan fingerprint density at radius 1 is 1.07 bits per heavy atom. The minimum absolute atomic E-state index is 0.132. The van der Waals surface area contributed by atoms with E-state index in [1.807, 2.05) is 29.4 Å². The first-order valence-electron chi connectivity index (χ1n) is 9.34. The van der Waals surface area contributed by atoms with Crippen LogP contribution in [0.25, 0.3) is 0 Å². The summed E-state index contributed by atoms with van der Waals surface area (Å²) in [5, 5.41) is 0. The first-order chi connectivity index (χ1) is 13.2. The molecule has 6 nitrogen and oxygen atoms in total. The van der Waals surface area contributed by atoms with Crippen molar-refractivity contribution in [2.75, 3.05) is 32.7 Å². The van der Waals surface area contributed by atoms with Crippen LogP contribution in [0.15, 0.2) is 48.8 Å². The van der Waals surface area contributed by atoms with Crippen LogP contribution in [0.2, 0.25) is 0 Å². The van der Waals surface area contributed by atoms with E-state index in [0.717, 1.165) is 38.3 Å². The van der Waals surface area contributed by atoms with Crippen molar-refractivity contribution in [3.8, 4) is 0 Å². The second kappa shape index (κ2) is 8.12. The zero-order chi connectivity index (χ0) is 18.6. The zero-order valence-corrected chi connectivity index (χ0v) is 15.1. The molecule has 1 aromatic heterocycles. The zero-order valence-electron chi connectivity index (χ0n) is 15.1. The first kappa shape index (κ1) is 18.0. The van der Waals surface area contributed by atoms with Gasteiger partial charge in [0.25, 0.3) is 0 Å². The van der Waals surface area contributed by atoms with E-state index in [0.29, 0.717) is 6.54 Å². The molecule has 0 bridgehead atoms. The highest BCUT2D eigenvalue weighted by Gasteiger charge is 2.37. The van der Waals surface area contributed by atoms with Crippen molar-refractivity contribution in [1.82, 2.24) is 25.6 Å². The van der Waals surface area contributed by atoms with Gasteiger partial charge in [-0.05, 0) is 35.4 Å². The van der Waals surface area contributed by atoms with Crippen LogP contribution in [0, 0.1) is 11.7 Å². The van der Waals surface area contributed by atoms with Crippen LogP contribution in [0.3, 0.4) is 0 Å². The fourth-order valence-electron chi connectivity index (χ4n) is 3.82. The molecule has 2 aliphatic heterocycles. The first-order valence-corrected chi connectivity index (χ1v) is 9.34. The van der Waals surface area contributed by atoms with E-state index < -0.39 is 0 Å². The summed E-state index contributed by atoms with van der Waals surface area (Å²) in [7, 11) is 0. The molecule has 2 unspecified atom stereocenters. The Morgan fingerprint density at radius 2 is 1.78 bits per heavy atom. The molecule has 1 aromatic carbocycles. The van der Waals surface area contributed by atoms with Crippen LogP contribution in [-0.4, -0.2) is 53.4 Å². The van der Waals surface area contributed by atoms with Gasteiger partial charge in [-0.2, -0.15) is 0 Å². The fraction of sp³-hybridized carbons (Fsp3) is 0.400. The van der Waals surface area contributed by atoms with Crippen LogP contribution >= 0.6 is 0 Å². The molecular formula is C20H24FN5O. The lowest BCUT2D eigenvalue weighted by Crippen LogP contribution is -2.50. The van der Waals surface area contributed by atoms with Crippen molar-refractivity contribution in [2.24, 2.45) is 5.92 Å². The number of benzene rings is 1. The van der Waals surface area contributed by atoms with E-state index >= 15 is 0 Å². The molecule has 2 aliphatic rings. The average Bonchev–Trinajstić information content (AvgIpc) is 3.19. The van der Waals surface area contributed by atoms with Crippen molar-refractivity contribution in [2.45, 2.75) is 12.6 Å². The number of aromatic nitrogens is 1. The predicted octanol–water partition coefficient (Wildman–Crippen LogP) is 1.33. The Morgan fingerprint density at radius 3 is 2.48 bits per heavy atom. The highest BCUT2D eigenvalue weighted by atomic mass is 19.1. The number of halogens is 1. The van der Waals surface area contributed by atoms with Gasteiger partial charge in [0.15, 0.2) is 0 Å². The Balaban J connectivity index is 1.35. The molecular weight excluding hydrogens is 345 g/mol. The molecule has 2 aromatic rings. The van der Waals surface area contributed by atoms with Gasteiger partial charge in [0.2, 0.25) is 5.91 Å². The third kappa shape index (κ3) is 4.16. The van der Waals surface area contributed by atoms with E-state index in [4.69, 9.17) is 0 Å². The molecule has 142 valence electrons. The maximum Gasteiger partial charge on any atom is 0.229 e. The third-order valence-electron chi connectivity index (χ3n) is 5.37. The summed E-state index contributed by atoms with van der Waals surface area (Å²) in [5.41, 5.74) is 8.42. The molecule has 7 heteroatoms. The topological polar surface area (TPSA) is 60.5 Å². The van der Waals surface area contributed by atoms with E-state index in [-0.39, 0.29) is 23.7 Å². The molecule has 2 fully saturated rings. The van der Waals surface area contributed by atoms with Gasteiger partial charge in [0, 0.05) is 51.7 Å². The summed E-state index contributed by atoms with van der Waals surface area (Å²) < 4.78 is 13.2. The van der Waals surface area contributed by atoms with Crippen LogP contribution in [0.1, 0.15) is 17.2 Å².